The summed E-state index contributed by atoms with van der Waals surface area (Å²) in [5, 5.41) is 7.71. The quantitative estimate of drug-likeness (QED) is 0.559. The molecule has 6 unspecified atom stereocenters. The zero-order valence-corrected chi connectivity index (χ0v) is 18.4. The first-order chi connectivity index (χ1) is 13.6. The van der Waals surface area contributed by atoms with Crippen molar-refractivity contribution in [3.63, 3.8) is 0 Å². The van der Waals surface area contributed by atoms with Crippen molar-refractivity contribution in [2.45, 2.75) is 100 Å². The summed E-state index contributed by atoms with van der Waals surface area (Å²) < 4.78 is 0. The molecular formula is C21H39N5OS. The molecule has 0 radical (unpaired) electrons. The van der Waals surface area contributed by atoms with Gasteiger partial charge in [-0.25, -0.2) is 10.9 Å². The van der Waals surface area contributed by atoms with Crippen LogP contribution in [0.5, 0.6) is 0 Å². The van der Waals surface area contributed by atoms with Gasteiger partial charge in [0.25, 0.3) is 0 Å². The number of nitrogens with zero attached hydrogens (tertiary/aromatic N) is 1. The van der Waals surface area contributed by atoms with E-state index in [0.717, 1.165) is 31.8 Å². The summed E-state index contributed by atoms with van der Waals surface area (Å²) >= 11 is 2.01. The van der Waals surface area contributed by atoms with E-state index in [1.165, 1.54) is 44.9 Å². The average molecular weight is 410 g/mol. The maximum Gasteiger partial charge on any atom is 0.237 e. The molecule has 0 aromatic carbocycles. The Morgan fingerprint density at radius 3 is 2.79 bits per heavy atom. The summed E-state index contributed by atoms with van der Waals surface area (Å²) in [5.41, 5.74) is 6.91. The lowest BCUT2D eigenvalue weighted by Crippen LogP contribution is -2.56. The normalized spacial score (nSPS) is 40.6. The van der Waals surface area contributed by atoms with Gasteiger partial charge in [-0.2, -0.15) is 0 Å². The van der Waals surface area contributed by atoms with Crippen LogP contribution in [0, 0.1) is 11.8 Å². The molecule has 0 spiro atoms. The summed E-state index contributed by atoms with van der Waals surface area (Å²) in [6.45, 7) is 3.25. The molecule has 4 aliphatic rings. The van der Waals surface area contributed by atoms with Gasteiger partial charge in [0.2, 0.25) is 5.91 Å². The zero-order chi connectivity index (χ0) is 19.5. The molecule has 7 atom stereocenters. The first kappa shape index (κ1) is 20.9. The average Bonchev–Trinajstić information content (AvgIpc) is 3.12. The molecule has 7 heteroatoms. The fourth-order valence-corrected chi connectivity index (χ4v) is 7.00. The Morgan fingerprint density at radius 1 is 1.11 bits per heavy atom. The molecule has 2 saturated carbocycles. The lowest BCUT2D eigenvalue weighted by atomic mass is 9.77. The van der Waals surface area contributed by atoms with Crippen LogP contribution in [0.3, 0.4) is 0 Å². The Bertz CT molecular complexity index is 535. The second kappa shape index (κ2) is 9.65. The highest BCUT2D eigenvalue weighted by atomic mass is 32.2. The molecule has 4 fully saturated rings. The summed E-state index contributed by atoms with van der Waals surface area (Å²) in [5.74, 6) is 1.75. The molecule has 0 bridgehead atoms. The van der Waals surface area contributed by atoms with Crippen molar-refractivity contribution >= 4 is 17.7 Å². The van der Waals surface area contributed by atoms with E-state index in [9.17, 15) is 4.79 Å². The van der Waals surface area contributed by atoms with Gasteiger partial charge in [-0.3, -0.25) is 9.69 Å². The maximum atomic E-state index is 12.9. The molecule has 0 aromatic heterocycles. The summed E-state index contributed by atoms with van der Waals surface area (Å²) in [6.07, 6.45) is 12.3. The standard InChI is InChI=1S/C21H39N5OS/c1-14(28-21-25-22-13-26(21)2)16-7-5-8-17(12-16)23-20(27)19-11-10-15-6-3-4-9-18(15)24-19/h14-19,21-22,24-25H,3-13H2,1-2H3,(H,23,27)/t14-,15?,16?,17?,18?,19?,21?/m0/s1. The molecule has 2 saturated heterocycles. The van der Waals surface area contributed by atoms with Gasteiger partial charge in [0, 0.05) is 17.3 Å². The van der Waals surface area contributed by atoms with Crippen LogP contribution in [0.25, 0.3) is 0 Å². The van der Waals surface area contributed by atoms with Crippen LogP contribution in [0.1, 0.15) is 71.1 Å². The van der Waals surface area contributed by atoms with Crippen molar-refractivity contribution < 1.29 is 4.79 Å². The largest absolute Gasteiger partial charge is 0.352 e. The van der Waals surface area contributed by atoms with E-state index in [1.54, 1.807) is 0 Å². The molecule has 1 amide bonds. The second-order valence-corrected chi connectivity index (χ2v) is 11.0. The Hall–Kier alpha value is -0.340. The molecule has 4 rings (SSSR count). The molecule has 6 nitrogen and oxygen atoms in total. The number of nitrogens with one attached hydrogen (secondary N) is 4. The van der Waals surface area contributed by atoms with Crippen LogP contribution in [-0.2, 0) is 4.79 Å². The number of hydrazine groups is 1. The molecule has 2 aliphatic heterocycles. The fraction of sp³-hybridized carbons (Fsp3) is 0.952. The number of rotatable bonds is 5. The van der Waals surface area contributed by atoms with Crippen LogP contribution < -0.4 is 21.5 Å². The molecular weight excluding hydrogens is 370 g/mol. The van der Waals surface area contributed by atoms with E-state index >= 15 is 0 Å². The predicted octanol–water partition coefficient (Wildman–Crippen LogP) is 2.37. The maximum absolute atomic E-state index is 12.9. The van der Waals surface area contributed by atoms with Crippen molar-refractivity contribution in [3.8, 4) is 0 Å². The number of hydrogen-bond donors (Lipinski definition) is 4. The van der Waals surface area contributed by atoms with Gasteiger partial charge in [-0.15, -0.1) is 11.8 Å². The van der Waals surface area contributed by atoms with Crippen molar-refractivity contribution in [2.75, 3.05) is 13.7 Å². The van der Waals surface area contributed by atoms with Gasteiger partial charge in [-0.05, 0) is 63.8 Å². The SMILES string of the molecule is C[C@H](SC1NNCN1C)C1CCCC(NC(=O)C2CCC3CCCCC3N2)C1. The first-order valence-electron chi connectivity index (χ1n) is 11.5. The minimum absolute atomic E-state index is 0.0361. The third-order valence-corrected chi connectivity index (χ3v) is 9.04. The minimum Gasteiger partial charge on any atom is -0.352 e. The van der Waals surface area contributed by atoms with Crippen LogP contribution >= 0.6 is 11.8 Å². The number of hydrogen-bond acceptors (Lipinski definition) is 6. The Morgan fingerprint density at radius 2 is 1.96 bits per heavy atom. The minimum atomic E-state index is 0.0361. The monoisotopic (exact) mass is 409 g/mol. The topological polar surface area (TPSA) is 68.4 Å². The zero-order valence-electron chi connectivity index (χ0n) is 17.6. The van der Waals surface area contributed by atoms with Gasteiger partial charge in [0.15, 0.2) is 0 Å². The molecule has 4 N–H and O–H groups in total. The highest BCUT2D eigenvalue weighted by molar-refractivity contribution is 8.00. The van der Waals surface area contributed by atoms with Crippen LogP contribution in [0.2, 0.25) is 0 Å². The van der Waals surface area contributed by atoms with E-state index in [2.05, 4.69) is 40.4 Å². The molecule has 0 aromatic rings. The Labute approximate surface area is 174 Å². The summed E-state index contributed by atoms with van der Waals surface area (Å²) in [7, 11) is 2.15. The number of amides is 1. The number of carbonyl (C=O) groups excluding carboxylic acids is 1. The smallest absolute Gasteiger partial charge is 0.237 e. The van der Waals surface area contributed by atoms with Gasteiger partial charge in [0.05, 0.1) is 12.7 Å². The highest BCUT2D eigenvalue weighted by Gasteiger charge is 2.36. The Kier molecular flexibility index (Phi) is 7.20. The van der Waals surface area contributed by atoms with Gasteiger partial charge < -0.3 is 10.6 Å². The Balaban J connectivity index is 1.24. The fourth-order valence-electron chi connectivity index (χ4n) is 5.69. The van der Waals surface area contributed by atoms with E-state index in [4.69, 9.17) is 0 Å². The number of fused-ring (bicyclic) bond motifs is 1. The second-order valence-electron chi connectivity index (χ2n) is 9.51. The molecule has 28 heavy (non-hydrogen) atoms. The number of thioether (sulfide) groups is 1. The lowest BCUT2D eigenvalue weighted by Gasteiger charge is -2.41. The number of carbonyl (C=O) groups is 1. The molecule has 160 valence electrons. The third kappa shape index (κ3) is 5.04. The van der Waals surface area contributed by atoms with Crippen molar-refractivity contribution in [1.82, 2.24) is 26.4 Å². The van der Waals surface area contributed by atoms with E-state index in [-0.39, 0.29) is 11.9 Å². The lowest BCUT2D eigenvalue weighted by molar-refractivity contribution is -0.125. The van der Waals surface area contributed by atoms with Crippen LogP contribution in [-0.4, -0.2) is 53.4 Å². The van der Waals surface area contributed by atoms with Crippen molar-refractivity contribution in [1.29, 1.82) is 0 Å². The molecule has 2 heterocycles. The molecule has 2 aliphatic carbocycles. The third-order valence-electron chi connectivity index (χ3n) is 7.49. The summed E-state index contributed by atoms with van der Waals surface area (Å²) in [4.78, 5) is 15.2. The number of piperidine rings is 1. The van der Waals surface area contributed by atoms with Crippen LogP contribution in [0.15, 0.2) is 0 Å². The van der Waals surface area contributed by atoms with Gasteiger partial charge in [0.1, 0.15) is 5.50 Å². The van der Waals surface area contributed by atoms with Crippen molar-refractivity contribution in [2.24, 2.45) is 11.8 Å². The van der Waals surface area contributed by atoms with E-state index < -0.39 is 0 Å². The van der Waals surface area contributed by atoms with Gasteiger partial charge in [-0.1, -0.05) is 26.2 Å². The summed E-state index contributed by atoms with van der Waals surface area (Å²) in [6, 6.07) is 0.972. The predicted molar refractivity (Wildman–Crippen MR) is 116 cm³/mol. The van der Waals surface area contributed by atoms with Crippen molar-refractivity contribution in [3.05, 3.63) is 0 Å². The first-order valence-corrected chi connectivity index (χ1v) is 12.4. The van der Waals surface area contributed by atoms with Gasteiger partial charge >= 0.3 is 0 Å². The van der Waals surface area contributed by atoms with Crippen LogP contribution in [0.4, 0.5) is 0 Å². The van der Waals surface area contributed by atoms with E-state index in [0.29, 0.717) is 28.7 Å². The highest BCUT2D eigenvalue weighted by Crippen LogP contribution is 2.35. The van der Waals surface area contributed by atoms with E-state index in [1.807, 2.05) is 11.8 Å².